The average Bonchev–Trinajstić information content (AvgIpc) is 3.31. The third kappa shape index (κ3) is 2.37. The van der Waals surface area contributed by atoms with Crippen LogP contribution in [0.25, 0.3) is 49.5 Å². The number of nitrogens with one attached hydrogen (secondary N) is 1. The van der Waals surface area contributed by atoms with Gasteiger partial charge >= 0.3 is 0 Å². The lowest BCUT2D eigenvalue weighted by Gasteiger charge is -2.09. The van der Waals surface area contributed by atoms with Crippen LogP contribution in [0.4, 0.5) is 0 Å². The van der Waals surface area contributed by atoms with Crippen molar-refractivity contribution in [2.75, 3.05) is 0 Å². The standard InChI is InChI=1S/C26H19N3O/c1-16-23-24(17-11-13-20(30)14-12-17)22-15-18-7-5-6-10-21(18)25(22)27-26(23)29(28-16)19-8-3-2-4-9-19/h2-15,28,30H,1H3. The van der Waals surface area contributed by atoms with Crippen LogP contribution in [0.15, 0.2) is 84.9 Å². The number of rotatable bonds is 2. The number of para-hydroxylation sites is 1. The Labute approximate surface area is 173 Å². The lowest BCUT2D eigenvalue weighted by Crippen LogP contribution is -1.97. The van der Waals surface area contributed by atoms with E-state index in [1.807, 2.05) is 30.3 Å². The molecule has 4 heteroatoms. The summed E-state index contributed by atoms with van der Waals surface area (Å²) in [7, 11) is 0. The third-order valence-corrected chi connectivity index (χ3v) is 5.77. The van der Waals surface area contributed by atoms with Crippen molar-refractivity contribution in [2.45, 2.75) is 6.92 Å². The lowest BCUT2D eigenvalue weighted by atomic mass is 9.98. The van der Waals surface area contributed by atoms with Crippen LogP contribution in [0.2, 0.25) is 0 Å². The van der Waals surface area contributed by atoms with Gasteiger partial charge in [-0.3, -0.25) is 5.10 Å². The maximum Gasteiger partial charge on any atom is 0.162 e. The fourth-order valence-electron chi connectivity index (χ4n) is 4.41. The molecule has 0 saturated heterocycles. The summed E-state index contributed by atoms with van der Waals surface area (Å²) in [6.45, 7) is 2.09. The number of benzene rings is 3. The van der Waals surface area contributed by atoms with Gasteiger partial charge in [0.15, 0.2) is 5.65 Å². The first-order chi connectivity index (χ1) is 14.7. The molecule has 4 nitrogen and oxygen atoms in total. The molecule has 2 N–H and O–H groups in total. The quantitative estimate of drug-likeness (QED) is 0.363. The van der Waals surface area contributed by atoms with E-state index in [4.69, 9.17) is 4.98 Å². The second-order valence-electron chi connectivity index (χ2n) is 7.63. The van der Waals surface area contributed by atoms with E-state index in [2.05, 4.69) is 59.2 Å². The Kier molecular flexibility index (Phi) is 3.50. The Morgan fingerprint density at radius 2 is 1.57 bits per heavy atom. The summed E-state index contributed by atoms with van der Waals surface area (Å²) in [5.41, 5.74) is 6.17. The Bertz CT molecular complexity index is 1540. The number of aromatic amines is 1. The van der Waals surface area contributed by atoms with Crippen LogP contribution in [0.5, 0.6) is 5.75 Å². The van der Waals surface area contributed by atoms with Gasteiger partial charge in [0.2, 0.25) is 0 Å². The number of fused-ring (bicyclic) bond motifs is 4. The van der Waals surface area contributed by atoms with Crippen molar-refractivity contribution in [3.8, 4) is 22.6 Å². The van der Waals surface area contributed by atoms with Crippen molar-refractivity contribution < 1.29 is 5.11 Å². The minimum atomic E-state index is 0.262. The fraction of sp³-hybridized carbons (Fsp3) is 0.0385. The Hall–Kier alpha value is -4.05. The first-order valence-electron chi connectivity index (χ1n) is 9.98. The Morgan fingerprint density at radius 1 is 0.833 bits per heavy atom. The van der Waals surface area contributed by atoms with E-state index in [0.29, 0.717) is 0 Å². The zero-order valence-corrected chi connectivity index (χ0v) is 16.4. The molecule has 2 heterocycles. The van der Waals surface area contributed by atoms with Gasteiger partial charge in [-0.15, -0.1) is 0 Å². The normalized spacial score (nSPS) is 11.6. The lowest BCUT2D eigenvalue weighted by molar-refractivity contribution is 0.475. The SMILES string of the molecule is Cc1[nH]n(-c2ccccc2)c2nc3c(cc4ccccc43)c(-c3ccc(O)cc3)c12. The average molecular weight is 389 g/mol. The highest BCUT2D eigenvalue weighted by molar-refractivity contribution is 6.20. The van der Waals surface area contributed by atoms with Crippen LogP contribution in [-0.4, -0.2) is 19.9 Å². The minimum absolute atomic E-state index is 0.262. The van der Waals surface area contributed by atoms with E-state index in [-0.39, 0.29) is 5.75 Å². The molecule has 0 bridgehead atoms. The number of phenolic OH excluding ortho intramolecular Hbond substituents is 1. The molecular weight excluding hydrogens is 370 g/mol. The fourth-order valence-corrected chi connectivity index (χ4v) is 4.41. The molecule has 0 spiro atoms. The molecule has 4 aromatic carbocycles. The van der Waals surface area contributed by atoms with Crippen molar-refractivity contribution in [2.24, 2.45) is 0 Å². The zero-order valence-electron chi connectivity index (χ0n) is 16.4. The molecule has 0 fully saturated rings. The summed E-state index contributed by atoms with van der Waals surface area (Å²) in [6.07, 6.45) is 0. The molecular formula is C26H19N3O. The monoisotopic (exact) mass is 389 g/mol. The van der Waals surface area contributed by atoms with Crippen LogP contribution in [0.3, 0.4) is 0 Å². The number of aryl methyl sites for hydroxylation is 1. The summed E-state index contributed by atoms with van der Waals surface area (Å²) in [4.78, 5) is 5.15. The van der Waals surface area contributed by atoms with Crippen LogP contribution >= 0.6 is 0 Å². The molecule has 0 aliphatic carbocycles. The maximum absolute atomic E-state index is 9.83. The van der Waals surface area contributed by atoms with Crippen LogP contribution in [-0.2, 0) is 0 Å². The van der Waals surface area contributed by atoms with Crippen molar-refractivity contribution in [1.82, 2.24) is 14.8 Å². The van der Waals surface area contributed by atoms with E-state index in [0.717, 1.165) is 49.8 Å². The van der Waals surface area contributed by atoms with Gasteiger partial charge in [-0.25, -0.2) is 9.67 Å². The summed E-state index contributed by atoms with van der Waals surface area (Å²) >= 11 is 0. The molecule has 6 rings (SSSR count). The molecule has 0 aliphatic heterocycles. The number of pyridine rings is 1. The minimum Gasteiger partial charge on any atom is -0.508 e. The summed E-state index contributed by atoms with van der Waals surface area (Å²) < 4.78 is 2.05. The van der Waals surface area contributed by atoms with Crippen molar-refractivity contribution in [1.29, 1.82) is 0 Å². The number of nitrogens with zero attached hydrogens (tertiary/aromatic N) is 2. The summed E-state index contributed by atoms with van der Waals surface area (Å²) in [5.74, 6) is 0.262. The molecule has 0 amide bonds. The smallest absolute Gasteiger partial charge is 0.162 e. The molecule has 0 saturated carbocycles. The van der Waals surface area contributed by atoms with Crippen LogP contribution in [0, 0.1) is 6.92 Å². The number of hydrogen-bond donors (Lipinski definition) is 2. The number of hydrogen-bond acceptors (Lipinski definition) is 2. The predicted octanol–water partition coefficient (Wildman–Crippen LogP) is 6.34. The van der Waals surface area contributed by atoms with Crippen LogP contribution < -0.4 is 0 Å². The summed E-state index contributed by atoms with van der Waals surface area (Å²) in [6, 6.07) is 28.2. The van der Waals surface area contributed by atoms with Gasteiger partial charge in [-0.1, -0.05) is 54.6 Å². The molecule has 0 atom stereocenters. The van der Waals surface area contributed by atoms with E-state index < -0.39 is 0 Å². The third-order valence-electron chi connectivity index (χ3n) is 5.77. The molecule has 0 radical (unpaired) electrons. The zero-order chi connectivity index (χ0) is 20.2. The topological polar surface area (TPSA) is 53.8 Å². The van der Waals surface area contributed by atoms with Crippen molar-refractivity contribution in [3.05, 3.63) is 90.6 Å². The molecule has 2 aromatic heterocycles. The highest BCUT2D eigenvalue weighted by atomic mass is 16.3. The van der Waals surface area contributed by atoms with Gasteiger partial charge in [0.1, 0.15) is 5.75 Å². The molecule has 6 aromatic rings. The first kappa shape index (κ1) is 16.9. The number of aromatic hydroxyl groups is 1. The van der Waals surface area contributed by atoms with Gasteiger partial charge in [-0.2, -0.15) is 0 Å². The van der Waals surface area contributed by atoms with Gasteiger partial charge in [0, 0.05) is 27.4 Å². The van der Waals surface area contributed by atoms with Gasteiger partial charge < -0.3 is 5.11 Å². The van der Waals surface area contributed by atoms with Gasteiger partial charge in [0.05, 0.1) is 11.2 Å². The number of phenols is 1. The van der Waals surface area contributed by atoms with E-state index in [9.17, 15) is 5.11 Å². The molecule has 30 heavy (non-hydrogen) atoms. The number of aromatic nitrogens is 3. The highest BCUT2D eigenvalue weighted by Gasteiger charge is 2.20. The largest absolute Gasteiger partial charge is 0.508 e. The van der Waals surface area contributed by atoms with E-state index in [1.165, 1.54) is 5.39 Å². The second-order valence-corrected chi connectivity index (χ2v) is 7.63. The van der Waals surface area contributed by atoms with E-state index >= 15 is 0 Å². The highest BCUT2D eigenvalue weighted by Crippen LogP contribution is 2.41. The molecule has 144 valence electrons. The van der Waals surface area contributed by atoms with E-state index in [1.54, 1.807) is 12.1 Å². The Balaban J connectivity index is 1.82. The van der Waals surface area contributed by atoms with Gasteiger partial charge in [-0.05, 0) is 48.2 Å². The predicted molar refractivity (Wildman–Crippen MR) is 122 cm³/mol. The summed E-state index contributed by atoms with van der Waals surface area (Å²) in [5, 5.41) is 17.9. The van der Waals surface area contributed by atoms with Gasteiger partial charge in [0.25, 0.3) is 0 Å². The first-order valence-corrected chi connectivity index (χ1v) is 9.98. The Morgan fingerprint density at radius 3 is 2.37 bits per heavy atom. The van der Waals surface area contributed by atoms with Crippen molar-refractivity contribution >= 4 is 32.7 Å². The van der Waals surface area contributed by atoms with Crippen molar-refractivity contribution in [3.63, 3.8) is 0 Å². The van der Waals surface area contributed by atoms with Crippen LogP contribution in [0.1, 0.15) is 5.69 Å². The molecule has 0 unspecified atom stereocenters. The number of H-pyrrole nitrogens is 1. The maximum atomic E-state index is 9.83. The molecule has 0 aliphatic rings. The second kappa shape index (κ2) is 6.22.